The molecule has 1 aromatic rings. The van der Waals surface area contributed by atoms with Gasteiger partial charge in [-0.2, -0.15) is 5.10 Å². The summed E-state index contributed by atoms with van der Waals surface area (Å²) in [6, 6.07) is 0. The van der Waals surface area contributed by atoms with Crippen LogP contribution in [0.15, 0.2) is 6.20 Å². The summed E-state index contributed by atoms with van der Waals surface area (Å²) in [6.45, 7) is 6.49. The zero-order valence-electron chi connectivity index (χ0n) is 9.76. The third kappa shape index (κ3) is 3.50. The van der Waals surface area contributed by atoms with E-state index in [1.807, 2.05) is 11.7 Å². The molecular formula is C11H20ClN3. The zero-order valence-corrected chi connectivity index (χ0v) is 10.5. The van der Waals surface area contributed by atoms with Gasteiger partial charge in [-0.1, -0.05) is 25.4 Å². The van der Waals surface area contributed by atoms with E-state index in [-0.39, 0.29) is 0 Å². The van der Waals surface area contributed by atoms with Gasteiger partial charge in [0.2, 0.25) is 0 Å². The van der Waals surface area contributed by atoms with Gasteiger partial charge < -0.3 is 5.32 Å². The van der Waals surface area contributed by atoms with Crippen LogP contribution in [0.3, 0.4) is 0 Å². The number of nitrogens with one attached hydrogen (secondary N) is 1. The van der Waals surface area contributed by atoms with Gasteiger partial charge in [-0.25, -0.2) is 0 Å². The van der Waals surface area contributed by atoms with E-state index in [0.717, 1.165) is 30.2 Å². The average Bonchev–Trinajstić information content (AvgIpc) is 2.53. The molecule has 4 heteroatoms. The van der Waals surface area contributed by atoms with E-state index in [1.54, 1.807) is 6.20 Å². The van der Waals surface area contributed by atoms with Crippen LogP contribution >= 0.6 is 11.6 Å². The molecule has 0 amide bonds. The van der Waals surface area contributed by atoms with Crippen molar-refractivity contribution in [2.75, 3.05) is 13.1 Å². The molecule has 0 aromatic carbocycles. The Labute approximate surface area is 96.8 Å². The minimum Gasteiger partial charge on any atom is -0.317 e. The maximum Gasteiger partial charge on any atom is 0.0820 e. The lowest BCUT2D eigenvalue weighted by Crippen LogP contribution is -2.18. The number of aryl methyl sites for hydroxylation is 1. The van der Waals surface area contributed by atoms with E-state index in [0.29, 0.717) is 5.92 Å². The Bertz CT molecular complexity index is 277. The summed E-state index contributed by atoms with van der Waals surface area (Å²) in [6.07, 6.45) is 3.99. The summed E-state index contributed by atoms with van der Waals surface area (Å²) < 4.78 is 1.87. The smallest absolute Gasteiger partial charge is 0.0820 e. The minimum absolute atomic E-state index is 0.453. The molecule has 1 aromatic heterocycles. The lowest BCUT2D eigenvalue weighted by Gasteiger charge is -2.12. The third-order valence-electron chi connectivity index (χ3n) is 2.59. The number of aromatic nitrogens is 2. The van der Waals surface area contributed by atoms with Crippen LogP contribution in [0.25, 0.3) is 0 Å². The number of nitrogens with zero attached hydrogens (tertiary/aromatic N) is 2. The van der Waals surface area contributed by atoms with E-state index < -0.39 is 0 Å². The summed E-state index contributed by atoms with van der Waals surface area (Å²) in [5.41, 5.74) is 1.13. The molecule has 1 heterocycles. The molecule has 1 unspecified atom stereocenters. The van der Waals surface area contributed by atoms with Crippen molar-refractivity contribution in [3.05, 3.63) is 16.9 Å². The fourth-order valence-corrected chi connectivity index (χ4v) is 2.08. The molecule has 0 bridgehead atoms. The van der Waals surface area contributed by atoms with Crippen LogP contribution in [0, 0.1) is 0 Å². The van der Waals surface area contributed by atoms with Crippen molar-refractivity contribution < 1.29 is 0 Å². The molecule has 0 aliphatic carbocycles. The molecule has 0 radical (unpaired) electrons. The van der Waals surface area contributed by atoms with Crippen LogP contribution in [0.1, 0.15) is 38.3 Å². The SMILES string of the molecule is CCCNCCC(C)c1c(Cl)cnn1C. The Morgan fingerprint density at radius 2 is 2.27 bits per heavy atom. The van der Waals surface area contributed by atoms with Crippen molar-refractivity contribution in [3.63, 3.8) is 0 Å². The summed E-state index contributed by atoms with van der Waals surface area (Å²) in [7, 11) is 1.94. The molecular weight excluding hydrogens is 210 g/mol. The molecule has 0 fully saturated rings. The Morgan fingerprint density at radius 3 is 2.80 bits per heavy atom. The first-order valence-corrected chi connectivity index (χ1v) is 5.92. The van der Waals surface area contributed by atoms with E-state index in [2.05, 4.69) is 24.3 Å². The van der Waals surface area contributed by atoms with Crippen LogP contribution in [0.5, 0.6) is 0 Å². The molecule has 0 aliphatic rings. The Balaban J connectivity index is 2.43. The highest BCUT2D eigenvalue weighted by Crippen LogP contribution is 2.25. The van der Waals surface area contributed by atoms with E-state index in [4.69, 9.17) is 11.6 Å². The first-order chi connectivity index (χ1) is 7.16. The van der Waals surface area contributed by atoms with Gasteiger partial charge in [-0.05, 0) is 25.9 Å². The molecule has 1 atom stereocenters. The predicted octanol–water partition coefficient (Wildman–Crippen LogP) is 2.57. The average molecular weight is 230 g/mol. The van der Waals surface area contributed by atoms with Gasteiger partial charge in [0.1, 0.15) is 0 Å². The molecule has 15 heavy (non-hydrogen) atoms. The van der Waals surface area contributed by atoms with E-state index in [1.165, 1.54) is 6.42 Å². The molecule has 0 saturated carbocycles. The Hall–Kier alpha value is -0.540. The van der Waals surface area contributed by atoms with Crippen molar-refractivity contribution in [1.29, 1.82) is 0 Å². The van der Waals surface area contributed by atoms with Gasteiger partial charge in [0.15, 0.2) is 0 Å². The fraction of sp³-hybridized carbons (Fsp3) is 0.727. The fourth-order valence-electron chi connectivity index (χ4n) is 1.73. The van der Waals surface area contributed by atoms with Crippen molar-refractivity contribution in [3.8, 4) is 0 Å². The topological polar surface area (TPSA) is 29.9 Å². The number of hydrogen-bond acceptors (Lipinski definition) is 2. The molecule has 1 rings (SSSR count). The van der Waals surface area contributed by atoms with Crippen molar-refractivity contribution >= 4 is 11.6 Å². The number of halogens is 1. The lowest BCUT2D eigenvalue weighted by atomic mass is 10.0. The maximum atomic E-state index is 6.08. The van der Waals surface area contributed by atoms with Crippen molar-refractivity contribution in [2.45, 2.75) is 32.6 Å². The van der Waals surface area contributed by atoms with Crippen molar-refractivity contribution in [1.82, 2.24) is 15.1 Å². The predicted molar refractivity (Wildman–Crippen MR) is 64.4 cm³/mol. The van der Waals surface area contributed by atoms with Crippen LogP contribution in [-0.2, 0) is 7.05 Å². The van der Waals surface area contributed by atoms with E-state index >= 15 is 0 Å². The largest absolute Gasteiger partial charge is 0.317 e. The second-order valence-electron chi connectivity index (χ2n) is 3.94. The highest BCUT2D eigenvalue weighted by molar-refractivity contribution is 6.31. The Kier molecular flexibility index (Phi) is 5.12. The quantitative estimate of drug-likeness (QED) is 0.760. The van der Waals surface area contributed by atoms with Crippen LogP contribution < -0.4 is 5.32 Å². The Morgan fingerprint density at radius 1 is 1.53 bits per heavy atom. The maximum absolute atomic E-state index is 6.08. The molecule has 0 saturated heterocycles. The normalized spacial score (nSPS) is 13.1. The summed E-state index contributed by atoms with van der Waals surface area (Å²) in [4.78, 5) is 0. The lowest BCUT2D eigenvalue weighted by molar-refractivity contribution is 0.558. The van der Waals surface area contributed by atoms with Gasteiger partial charge in [0.05, 0.1) is 16.9 Å². The zero-order chi connectivity index (χ0) is 11.3. The van der Waals surface area contributed by atoms with E-state index in [9.17, 15) is 0 Å². The van der Waals surface area contributed by atoms with Crippen LogP contribution in [0.4, 0.5) is 0 Å². The van der Waals surface area contributed by atoms with Gasteiger partial charge >= 0.3 is 0 Å². The number of hydrogen-bond donors (Lipinski definition) is 1. The molecule has 0 spiro atoms. The van der Waals surface area contributed by atoms with Gasteiger partial charge in [-0.15, -0.1) is 0 Å². The van der Waals surface area contributed by atoms with Gasteiger partial charge in [0, 0.05) is 13.0 Å². The highest BCUT2D eigenvalue weighted by atomic mass is 35.5. The second kappa shape index (κ2) is 6.13. The first kappa shape index (κ1) is 12.5. The first-order valence-electron chi connectivity index (χ1n) is 5.55. The molecule has 0 aliphatic heterocycles. The highest BCUT2D eigenvalue weighted by Gasteiger charge is 2.13. The van der Waals surface area contributed by atoms with Gasteiger partial charge in [0.25, 0.3) is 0 Å². The van der Waals surface area contributed by atoms with Gasteiger partial charge in [-0.3, -0.25) is 4.68 Å². The van der Waals surface area contributed by atoms with Crippen LogP contribution in [-0.4, -0.2) is 22.9 Å². The standard InChI is InChI=1S/C11H20ClN3/c1-4-6-13-7-5-9(2)11-10(12)8-14-15(11)3/h8-9,13H,4-7H2,1-3H3. The summed E-state index contributed by atoms with van der Waals surface area (Å²) >= 11 is 6.08. The molecule has 3 nitrogen and oxygen atoms in total. The molecule has 86 valence electrons. The monoisotopic (exact) mass is 229 g/mol. The van der Waals surface area contributed by atoms with Crippen LogP contribution in [0.2, 0.25) is 5.02 Å². The molecule has 1 N–H and O–H groups in total. The second-order valence-corrected chi connectivity index (χ2v) is 4.35. The summed E-state index contributed by atoms with van der Waals surface area (Å²) in [5, 5.41) is 8.32. The number of rotatable bonds is 6. The summed E-state index contributed by atoms with van der Waals surface area (Å²) in [5.74, 6) is 0.453. The minimum atomic E-state index is 0.453. The van der Waals surface area contributed by atoms with Crippen molar-refractivity contribution in [2.24, 2.45) is 7.05 Å². The third-order valence-corrected chi connectivity index (χ3v) is 2.88.